The molecule has 5 heteroatoms. The van der Waals surface area contributed by atoms with Crippen LogP contribution in [-0.2, 0) is 9.47 Å². The van der Waals surface area contributed by atoms with Crippen LogP contribution in [0.2, 0.25) is 0 Å². The molecule has 0 aliphatic heterocycles. The van der Waals surface area contributed by atoms with Gasteiger partial charge in [-0.3, -0.25) is 4.79 Å². The van der Waals surface area contributed by atoms with E-state index in [4.69, 9.17) is 9.47 Å². The average Bonchev–Trinajstić information content (AvgIpc) is 2.39. The summed E-state index contributed by atoms with van der Waals surface area (Å²) in [6.45, 7) is 7.14. The lowest BCUT2D eigenvalue weighted by Gasteiger charge is -2.17. The first-order valence-corrected chi connectivity index (χ1v) is 7.15. The van der Waals surface area contributed by atoms with Crippen LogP contribution >= 0.6 is 15.9 Å². The quantitative estimate of drug-likeness (QED) is 0.782. The number of carbonyl (C=O) groups is 1. The van der Waals surface area contributed by atoms with Gasteiger partial charge in [0.1, 0.15) is 0 Å². The van der Waals surface area contributed by atoms with Crippen LogP contribution in [0.15, 0.2) is 22.7 Å². The number of ether oxygens (including phenoxy) is 2. The predicted octanol–water partition coefficient (Wildman–Crippen LogP) is 2.89. The molecule has 1 amide bonds. The van der Waals surface area contributed by atoms with Gasteiger partial charge in [0, 0.05) is 23.2 Å². The molecule has 0 bridgehead atoms. The summed E-state index contributed by atoms with van der Waals surface area (Å²) in [6, 6.07) is 5.62. The number of nitrogens with one attached hydrogen (secondary N) is 1. The Hall–Kier alpha value is -0.910. The summed E-state index contributed by atoms with van der Waals surface area (Å²) < 4.78 is 11.6. The van der Waals surface area contributed by atoms with Crippen LogP contribution < -0.4 is 5.32 Å². The normalized spacial score (nSPS) is 10.8. The van der Waals surface area contributed by atoms with Crippen molar-refractivity contribution in [3.8, 4) is 0 Å². The van der Waals surface area contributed by atoms with Crippen molar-refractivity contribution in [2.75, 3.05) is 19.8 Å². The molecule has 0 aliphatic rings. The Morgan fingerprint density at radius 2 is 1.95 bits per heavy atom. The second kappa shape index (κ2) is 8.30. The molecule has 0 heterocycles. The van der Waals surface area contributed by atoms with E-state index in [1.165, 1.54) is 0 Å². The standard InChI is InChI=1S/C14H20BrNO3/c1-4-18-13(19-5-2)9-16-14(17)12-8-11(15)7-6-10(12)3/h6-8,13H,4-5,9H2,1-3H3,(H,16,17). The van der Waals surface area contributed by atoms with Crippen LogP contribution in [0.5, 0.6) is 0 Å². The minimum absolute atomic E-state index is 0.122. The molecule has 0 radical (unpaired) electrons. The Morgan fingerprint density at radius 3 is 2.53 bits per heavy atom. The SMILES string of the molecule is CCOC(CNC(=O)c1cc(Br)ccc1C)OCC. The highest BCUT2D eigenvalue weighted by atomic mass is 79.9. The van der Waals surface area contributed by atoms with Crippen LogP contribution in [0.1, 0.15) is 29.8 Å². The molecule has 0 unspecified atom stereocenters. The molecule has 1 aromatic rings. The zero-order valence-corrected chi connectivity index (χ0v) is 13.1. The Kier molecular flexibility index (Phi) is 7.05. The van der Waals surface area contributed by atoms with Gasteiger partial charge in [0.05, 0.1) is 6.54 Å². The molecule has 1 aromatic carbocycles. The zero-order valence-electron chi connectivity index (χ0n) is 11.5. The largest absolute Gasteiger partial charge is 0.351 e. The molecule has 4 nitrogen and oxygen atoms in total. The predicted molar refractivity (Wildman–Crippen MR) is 78.3 cm³/mol. The summed E-state index contributed by atoms with van der Waals surface area (Å²) in [6.07, 6.45) is -0.397. The number of hydrogen-bond acceptors (Lipinski definition) is 3. The Balaban J connectivity index is 2.61. The van der Waals surface area contributed by atoms with Gasteiger partial charge in [-0.15, -0.1) is 0 Å². The summed E-state index contributed by atoms with van der Waals surface area (Å²) in [5, 5.41) is 2.83. The van der Waals surface area contributed by atoms with Gasteiger partial charge in [-0.1, -0.05) is 22.0 Å². The van der Waals surface area contributed by atoms with Gasteiger partial charge >= 0.3 is 0 Å². The number of amides is 1. The van der Waals surface area contributed by atoms with Crippen molar-refractivity contribution in [1.82, 2.24) is 5.32 Å². The monoisotopic (exact) mass is 329 g/mol. The van der Waals surface area contributed by atoms with Gasteiger partial charge in [0.2, 0.25) is 0 Å². The minimum atomic E-state index is -0.397. The van der Waals surface area contributed by atoms with E-state index >= 15 is 0 Å². The first-order chi connectivity index (χ1) is 9.08. The molecule has 0 saturated heterocycles. The fourth-order valence-corrected chi connectivity index (χ4v) is 2.01. The van der Waals surface area contributed by atoms with E-state index in [1.54, 1.807) is 6.07 Å². The number of halogens is 1. The van der Waals surface area contributed by atoms with Crippen LogP contribution in [0, 0.1) is 6.92 Å². The lowest BCUT2D eigenvalue weighted by atomic mass is 10.1. The van der Waals surface area contributed by atoms with E-state index in [0.717, 1.165) is 10.0 Å². The van der Waals surface area contributed by atoms with Crippen molar-refractivity contribution < 1.29 is 14.3 Å². The van der Waals surface area contributed by atoms with E-state index in [-0.39, 0.29) is 5.91 Å². The second-order valence-electron chi connectivity index (χ2n) is 4.01. The Labute approximate surface area is 122 Å². The maximum absolute atomic E-state index is 12.1. The van der Waals surface area contributed by atoms with Gasteiger partial charge in [-0.2, -0.15) is 0 Å². The summed E-state index contributed by atoms with van der Waals surface area (Å²) in [7, 11) is 0. The molecular weight excluding hydrogens is 310 g/mol. The van der Waals surface area contributed by atoms with Crippen molar-refractivity contribution >= 4 is 21.8 Å². The fourth-order valence-electron chi connectivity index (χ4n) is 1.65. The summed E-state index contributed by atoms with van der Waals surface area (Å²) in [4.78, 5) is 12.1. The topological polar surface area (TPSA) is 47.6 Å². The third-order valence-electron chi connectivity index (χ3n) is 2.58. The number of benzene rings is 1. The van der Waals surface area contributed by atoms with E-state index < -0.39 is 6.29 Å². The first-order valence-electron chi connectivity index (χ1n) is 6.36. The average molecular weight is 330 g/mol. The van der Waals surface area contributed by atoms with E-state index in [9.17, 15) is 4.79 Å². The van der Waals surface area contributed by atoms with Crippen molar-refractivity contribution in [2.45, 2.75) is 27.1 Å². The van der Waals surface area contributed by atoms with Gasteiger partial charge in [0.15, 0.2) is 6.29 Å². The molecule has 1 rings (SSSR count). The van der Waals surface area contributed by atoms with Crippen molar-refractivity contribution in [3.05, 3.63) is 33.8 Å². The molecule has 0 saturated carbocycles. The molecule has 0 aliphatic carbocycles. The molecule has 0 aromatic heterocycles. The molecule has 19 heavy (non-hydrogen) atoms. The number of hydrogen-bond donors (Lipinski definition) is 1. The van der Waals surface area contributed by atoms with Gasteiger partial charge in [0.25, 0.3) is 5.91 Å². The lowest BCUT2D eigenvalue weighted by molar-refractivity contribution is -0.131. The summed E-state index contributed by atoms with van der Waals surface area (Å²) in [5.74, 6) is -0.122. The van der Waals surface area contributed by atoms with E-state index in [2.05, 4.69) is 21.2 Å². The maximum atomic E-state index is 12.1. The van der Waals surface area contributed by atoms with Crippen LogP contribution in [0.4, 0.5) is 0 Å². The van der Waals surface area contributed by atoms with Crippen LogP contribution in [-0.4, -0.2) is 32.0 Å². The highest BCUT2D eigenvalue weighted by Crippen LogP contribution is 2.15. The highest BCUT2D eigenvalue weighted by molar-refractivity contribution is 9.10. The molecule has 1 N–H and O–H groups in total. The number of rotatable bonds is 7. The van der Waals surface area contributed by atoms with Crippen molar-refractivity contribution in [2.24, 2.45) is 0 Å². The number of aryl methyl sites for hydroxylation is 1. The highest BCUT2D eigenvalue weighted by Gasteiger charge is 2.13. The number of carbonyl (C=O) groups excluding carboxylic acids is 1. The molecule has 0 spiro atoms. The molecular formula is C14H20BrNO3. The fraction of sp³-hybridized carbons (Fsp3) is 0.500. The van der Waals surface area contributed by atoms with E-state index in [0.29, 0.717) is 25.3 Å². The van der Waals surface area contributed by atoms with Crippen molar-refractivity contribution in [1.29, 1.82) is 0 Å². The third-order valence-corrected chi connectivity index (χ3v) is 3.07. The summed E-state index contributed by atoms with van der Waals surface area (Å²) in [5.41, 5.74) is 1.59. The Morgan fingerprint density at radius 1 is 1.32 bits per heavy atom. The smallest absolute Gasteiger partial charge is 0.251 e. The first kappa shape index (κ1) is 16.1. The molecule has 0 atom stereocenters. The van der Waals surface area contributed by atoms with Gasteiger partial charge in [-0.25, -0.2) is 0 Å². The maximum Gasteiger partial charge on any atom is 0.251 e. The summed E-state index contributed by atoms with van der Waals surface area (Å²) >= 11 is 3.36. The van der Waals surface area contributed by atoms with Crippen molar-refractivity contribution in [3.63, 3.8) is 0 Å². The molecule has 106 valence electrons. The molecule has 0 fully saturated rings. The van der Waals surface area contributed by atoms with Crippen LogP contribution in [0.25, 0.3) is 0 Å². The Bertz CT molecular complexity index is 417. The minimum Gasteiger partial charge on any atom is -0.351 e. The van der Waals surface area contributed by atoms with Gasteiger partial charge in [-0.05, 0) is 38.5 Å². The van der Waals surface area contributed by atoms with Crippen LogP contribution in [0.3, 0.4) is 0 Å². The lowest BCUT2D eigenvalue weighted by Crippen LogP contribution is -2.35. The van der Waals surface area contributed by atoms with Gasteiger partial charge < -0.3 is 14.8 Å². The third kappa shape index (κ3) is 5.30. The van der Waals surface area contributed by atoms with E-state index in [1.807, 2.05) is 32.9 Å². The second-order valence-corrected chi connectivity index (χ2v) is 4.93. The zero-order chi connectivity index (χ0) is 14.3.